The first-order valence-electron chi connectivity index (χ1n) is 16.2. The standard InChI is InChI=1S/C37H32N2.C7H9N/c38-26-25-28-12-5-4-11-27(28)13-10-20-36(39)29-21-23-31(24-22-29)37(30-14-2-1-3-15-30)34-18-8-6-16-32(34)33-17-7-9-19-35(33)37;8-6-7-4-2-1-3-5-7/h1-9,11-12,14-26H,10,13,38-39H2;1-5H,6,8H2/b26-25-,36-20-;. The zero-order chi connectivity index (χ0) is 32.5. The largest absolute Gasteiger partial charge is 0.405 e. The van der Waals surface area contributed by atoms with Crippen molar-refractivity contribution in [1.29, 1.82) is 0 Å². The molecule has 0 saturated carbocycles. The first-order valence-corrected chi connectivity index (χ1v) is 16.2. The molecule has 232 valence electrons. The zero-order valence-electron chi connectivity index (χ0n) is 26.6. The predicted molar refractivity (Wildman–Crippen MR) is 198 cm³/mol. The molecule has 47 heavy (non-hydrogen) atoms. The van der Waals surface area contributed by atoms with Gasteiger partial charge in [0.1, 0.15) is 0 Å². The number of fused-ring (bicyclic) bond motifs is 3. The van der Waals surface area contributed by atoms with Crippen molar-refractivity contribution in [1.82, 2.24) is 0 Å². The fraction of sp³-hybridized carbons (Fsp3) is 0.0909. The highest BCUT2D eigenvalue weighted by Gasteiger charge is 2.45. The van der Waals surface area contributed by atoms with E-state index in [1.165, 1.54) is 44.5 Å². The van der Waals surface area contributed by atoms with Crippen LogP contribution in [0.4, 0.5) is 0 Å². The summed E-state index contributed by atoms with van der Waals surface area (Å²) >= 11 is 0. The molecule has 1 aliphatic rings. The molecule has 0 fully saturated rings. The Labute approximate surface area is 278 Å². The Morgan fingerprint density at radius 2 is 1.11 bits per heavy atom. The summed E-state index contributed by atoms with van der Waals surface area (Å²) in [6, 6.07) is 55.6. The Balaban J connectivity index is 0.000000424. The number of allylic oxidation sites excluding steroid dienone is 1. The summed E-state index contributed by atoms with van der Waals surface area (Å²) < 4.78 is 0. The lowest BCUT2D eigenvalue weighted by Gasteiger charge is -2.34. The Morgan fingerprint density at radius 1 is 0.574 bits per heavy atom. The maximum atomic E-state index is 6.58. The molecule has 0 aromatic heterocycles. The zero-order valence-corrected chi connectivity index (χ0v) is 26.6. The third-order valence-corrected chi connectivity index (χ3v) is 9.00. The average molecular weight is 612 g/mol. The van der Waals surface area contributed by atoms with Crippen LogP contribution in [0.25, 0.3) is 22.9 Å². The van der Waals surface area contributed by atoms with Gasteiger partial charge in [0.2, 0.25) is 0 Å². The number of benzene rings is 6. The van der Waals surface area contributed by atoms with Crippen LogP contribution in [0.15, 0.2) is 170 Å². The summed E-state index contributed by atoms with van der Waals surface area (Å²) in [6.45, 7) is 0.640. The van der Waals surface area contributed by atoms with Crippen molar-refractivity contribution in [3.05, 3.63) is 215 Å². The van der Waals surface area contributed by atoms with E-state index in [0.29, 0.717) is 6.54 Å². The molecular formula is C44H41N3. The Bertz CT molecular complexity index is 1930. The Hall–Kier alpha value is -5.64. The van der Waals surface area contributed by atoms with Crippen molar-refractivity contribution in [3.63, 3.8) is 0 Å². The van der Waals surface area contributed by atoms with E-state index < -0.39 is 0 Å². The van der Waals surface area contributed by atoms with Crippen LogP contribution in [-0.4, -0.2) is 0 Å². The third kappa shape index (κ3) is 6.40. The molecule has 6 aromatic carbocycles. The summed E-state index contributed by atoms with van der Waals surface area (Å²) in [5.74, 6) is 0. The van der Waals surface area contributed by atoms with Gasteiger partial charge >= 0.3 is 0 Å². The van der Waals surface area contributed by atoms with Crippen LogP contribution < -0.4 is 17.2 Å². The first-order chi connectivity index (χ1) is 23.2. The van der Waals surface area contributed by atoms with E-state index >= 15 is 0 Å². The molecule has 0 atom stereocenters. The quantitative estimate of drug-likeness (QED) is 0.160. The van der Waals surface area contributed by atoms with E-state index in [0.717, 1.165) is 29.7 Å². The van der Waals surface area contributed by atoms with E-state index in [2.05, 4.69) is 127 Å². The molecule has 7 rings (SSSR count). The molecule has 0 aliphatic heterocycles. The molecule has 6 aromatic rings. The maximum absolute atomic E-state index is 6.58. The molecule has 0 bridgehead atoms. The Morgan fingerprint density at radius 3 is 1.70 bits per heavy atom. The monoisotopic (exact) mass is 611 g/mol. The number of hydrogen-bond donors (Lipinski definition) is 3. The summed E-state index contributed by atoms with van der Waals surface area (Å²) in [5.41, 5.74) is 30.4. The van der Waals surface area contributed by atoms with E-state index in [4.69, 9.17) is 17.2 Å². The smallest absolute Gasteiger partial charge is 0.0713 e. The van der Waals surface area contributed by atoms with Crippen LogP contribution in [0.3, 0.4) is 0 Å². The topological polar surface area (TPSA) is 78.1 Å². The van der Waals surface area contributed by atoms with E-state index in [-0.39, 0.29) is 5.41 Å². The fourth-order valence-corrected chi connectivity index (χ4v) is 6.77. The Kier molecular flexibility index (Phi) is 9.76. The van der Waals surface area contributed by atoms with Gasteiger partial charge in [-0.2, -0.15) is 0 Å². The lowest BCUT2D eigenvalue weighted by atomic mass is 9.67. The third-order valence-electron chi connectivity index (χ3n) is 9.00. The second kappa shape index (κ2) is 14.6. The average Bonchev–Trinajstić information content (AvgIpc) is 3.44. The van der Waals surface area contributed by atoms with Crippen molar-refractivity contribution in [2.75, 3.05) is 0 Å². The van der Waals surface area contributed by atoms with Gasteiger partial charge in [-0.15, -0.1) is 0 Å². The SMILES string of the molecule is N/C=C\c1ccccc1CC/C=C(\N)c1ccc(C2(c3ccccc3)c3ccccc3-c3ccccc32)cc1.NCc1ccccc1. The minimum absolute atomic E-state index is 0.383. The molecule has 0 saturated heterocycles. The second-order valence-corrected chi connectivity index (χ2v) is 11.7. The number of hydrogen-bond acceptors (Lipinski definition) is 3. The highest BCUT2D eigenvalue weighted by Crippen LogP contribution is 2.55. The number of aryl methyl sites for hydroxylation is 1. The lowest BCUT2D eigenvalue weighted by Crippen LogP contribution is -2.28. The highest BCUT2D eigenvalue weighted by molar-refractivity contribution is 5.86. The van der Waals surface area contributed by atoms with Gasteiger partial charge in [-0.25, -0.2) is 0 Å². The molecule has 0 radical (unpaired) electrons. The van der Waals surface area contributed by atoms with E-state index in [1.54, 1.807) is 6.20 Å². The molecule has 0 heterocycles. The minimum atomic E-state index is -0.383. The minimum Gasteiger partial charge on any atom is -0.405 e. The molecule has 0 unspecified atom stereocenters. The van der Waals surface area contributed by atoms with Crippen molar-refractivity contribution >= 4 is 11.8 Å². The van der Waals surface area contributed by atoms with Crippen molar-refractivity contribution in [3.8, 4) is 11.1 Å². The molecule has 6 N–H and O–H groups in total. The van der Waals surface area contributed by atoms with Gasteiger partial charge in [-0.3, -0.25) is 0 Å². The normalized spacial score (nSPS) is 13.0. The lowest BCUT2D eigenvalue weighted by molar-refractivity contribution is 0.768. The predicted octanol–water partition coefficient (Wildman–Crippen LogP) is 9.06. The van der Waals surface area contributed by atoms with Crippen LogP contribution in [-0.2, 0) is 18.4 Å². The molecule has 0 spiro atoms. The molecule has 1 aliphatic carbocycles. The van der Waals surface area contributed by atoms with Crippen LogP contribution in [0.5, 0.6) is 0 Å². The number of nitrogens with two attached hydrogens (primary N) is 3. The van der Waals surface area contributed by atoms with Gasteiger partial charge in [0, 0.05) is 12.2 Å². The summed E-state index contributed by atoms with van der Waals surface area (Å²) in [6.07, 6.45) is 7.43. The van der Waals surface area contributed by atoms with Gasteiger partial charge in [0.25, 0.3) is 0 Å². The first kappa shape index (κ1) is 31.3. The van der Waals surface area contributed by atoms with E-state index in [1.807, 2.05) is 42.5 Å². The van der Waals surface area contributed by atoms with Crippen molar-refractivity contribution in [2.24, 2.45) is 17.2 Å². The van der Waals surface area contributed by atoms with Gasteiger partial charge in [-0.1, -0.05) is 164 Å². The number of rotatable bonds is 8. The highest BCUT2D eigenvalue weighted by atomic mass is 14.6. The van der Waals surface area contributed by atoms with Crippen LogP contribution >= 0.6 is 0 Å². The maximum Gasteiger partial charge on any atom is 0.0713 e. The van der Waals surface area contributed by atoms with Crippen molar-refractivity contribution < 1.29 is 0 Å². The van der Waals surface area contributed by atoms with E-state index in [9.17, 15) is 0 Å². The van der Waals surface area contributed by atoms with Crippen LogP contribution in [0.1, 0.15) is 50.9 Å². The molecule has 3 nitrogen and oxygen atoms in total. The molecular weight excluding hydrogens is 571 g/mol. The molecule has 0 amide bonds. The summed E-state index contributed by atoms with van der Waals surface area (Å²) in [5, 5.41) is 0. The van der Waals surface area contributed by atoms with Gasteiger partial charge in [0.05, 0.1) is 5.41 Å². The molecule has 3 heteroatoms. The van der Waals surface area contributed by atoms with Gasteiger partial charge in [0.15, 0.2) is 0 Å². The van der Waals surface area contributed by atoms with Crippen LogP contribution in [0.2, 0.25) is 0 Å². The van der Waals surface area contributed by atoms with Gasteiger partial charge < -0.3 is 17.2 Å². The summed E-state index contributed by atoms with van der Waals surface area (Å²) in [4.78, 5) is 0. The van der Waals surface area contributed by atoms with Gasteiger partial charge in [-0.05, 0) is 80.8 Å². The fourth-order valence-electron chi connectivity index (χ4n) is 6.77. The van der Waals surface area contributed by atoms with Crippen molar-refractivity contribution in [2.45, 2.75) is 24.8 Å². The summed E-state index contributed by atoms with van der Waals surface area (Å²) in [7, 11) is 0. The second-order valence-electron chi connectivity index (χ2n) is 11.7. The van der Waals surface area contributed by atoms with Crippen LogP contribution in [0, 0.1) is 0 Å².